The van der Waals surface area contributed by atoms with E-state index in [9.17, 15) is 9.59 Å². The van der Waals surface area contributed by atoms with Gasteiger partial charge in [0.05, 0.1) is 13.2 Å². The monoisotopic (exact) mass is 538 g/mol. The fraction of sp³-hybridized carbons (Fsp3) is 0.941. The maximum absolute atomic E-state index is 12.0. The van der Waals surface area contributed by atoms with Crippen LogP contribution in [-0.2, 0) is 19.1 Å². The Bertz CT molecular complexity index is 505. The van der Waals surface area contributed by atoms with Gasteiger partial charge in [0.2, 0.25) is 0 Å². The minimum absolute atomic E-state index is 0.00301. The maximum Gasteiger partial charge on any atom is 0.305 e. The summed E-state index contributed by atoms with van der Waals surface area (Å²) in [5.41, 5.74) is 0. The van der Waals surface area contributed by atoms with Crippen LogP contribution in [-0.4, -0.2) is 25.2 Å². The van der Waals surface area contributed by atoms with Gasteiger partial charge in [0.1, 0.15) is 0 Å². The molecule has 0 heterocycles. The van der Waals surface area contributed by atoms with E-state index >= 15 is 0 Å². The molecule has 0 aliphatic rings. The number of carbonyl (C=O) groups is 2. The SMILES string of the molecule is CCCCCCCOC(=O)CCCCCCCCCCCCCC(CC)CCC(=O)OCCCCCCC. The van der Waals surface area contributed by atoms with E-state index in [1.165, 1.54) is 122 Å². The van der Waals surface area contributed by atoms with Crippen molar-refractivity contribution < 1.29 is 19.1 Å². The van der Waals surface area contributed by atoms with Gasteiger partial charge in [0.15, 0.2) is 0 Å². The van der Waals surface area contributed by atoms with E-state index in [1.54, 1.807) is 0 Å². The van der Waals surface area contributed by atoms with Crippen molar-refractivity contribution in [3.05, 3.63) is 0 Å². The van der Waals surface area contributed by atoms with Crippen molar-refractivity contribution in [3.8, 4) is 0 Å². The lowest BCUT2D eigenvalue weighted by Gasteiger charge is -2.14. The first-order valence-electron chi connectivity index (χ1n) is 16.9. The highest BCUT2D eigenvalue weighted by molar-refractivity contribution is 5.69. The Balaban J connectivity index is 3.40. The summed E-state index contributed by atoms with van der Waals surface area (Å²) in [7, 11) is 0. The molecule has 0 amide bonds. The van der Waals surface area contributed by atoms with E-state index < -0.39 is 0 Å². The van der Waals surface area contributed by atoms with Gasteiger partial charge in [0.25, 0.3) is 0 Å². The Morgan fingerprint density at radius 3 is 1.32 bits per heavy atom. The summed E-state index contributed by atoms with van der Waals surface area (Å²) in [6.45, 7) is 7.90. The summed E-state index contributed by atoms with van der Waals surface area (Å²) >= 11 is 0. The molecule has 4 heteroatoms. The smallest absolute Gasteiger partial charge is 0.305 e. The van der Waals surface area contributed by atoms with E-state index in [1.807, 2.05) is 0 Å². The molecular weight excluding hydrogens is 472 g/mol. The van der Waals surface area contributed by atoms with Gasteiger partial charge < -0.3 is 9.47 Å². The first kappa shape index (κ1) is 36.9. The molecule has 0 rings (SSSR count). The Morgan fingerprint density at radius 1 is 0.447 bits per heavy atom. The lowest BCUT2D eigenvalue weighted by molar-refractivity contribution is -0.145. The zero-order valence-corrected chi connectivity index (χ0v) is 26.0. The number of hydrogen-bond donors (Lipinski definition) is 0. The molecule has 1 atom stereocenters. The highest BCUT2D eigenvalue weighted by Crippen LogP contribution is 2.20. The van der Waals surface area contributed by atoms with Gasteiger partial charge in [-0.2, -0.15) is 0 Å². The second-order valence-corrected chi connectivity index (χ2v) is 11.5. The van der Waals surface area contributed by atoms with Crippen molar-refractivity contribution in [2.24, 2.45) is 5.92 Å². The van der Waals surface area contributed by atoms with Crippen molar-refractivity contribution in [2.75, 3.05) is 13.2 Å². The summed E-state index contributed by atoms with van der Waals surface area (Å²) in [4.78, 5) is 23.7. The number of rotatable bonds is 30. The molecule has 38 heavy (non-hydrogen) atoms. The van der Waals surface area contributed by atoms with Crippen LogP contribution in [0.5, 0.6) is 0 Å². The van der Waals surface area contributed by atoms with Crippen LogP contribution in [0.2, 0.25) is 0 Å². The maximum atomic E-state index is 12.0. The average Bonchev–Trinajstić information content (AvgIpc) is 2.92. The number of hydrogen-bond acceptors (Lipinski definition) is 4. The quantitative estimate of drug-likeness (QED) is 0.0674. The molecule has 0 aliphatic heterocycles. The molecule has 1 unspecified atom stereocenters. The fourth-order valence-corrected chi connectivity index (χ4v) is 5.10. The molecule has 226 valence electrons. The van der Waals surface area contributed by atoms with Crippen LogP contribution >= 0.6 is 0 Å². The molecule has 0 aliphatic carbocycles. The van der Waals surface area contributed by atoms with Crippen LogP contribution in [0.15, 0.2) is 0 Å². The van der Waals surface area contributed by atoms with E-state index in [0.717, 1.165) is 32.1 Å². The molecule has 0 N–H and O–H groups in total. The Morgan fingerprint density at radius 2 is 0.842 bits per heavy atom. The van der Waals surface area contributed by atoms with Crippen molar-refractivity contribution in [1.82, 2.24) is 0 Å². The molecule has 0 radical (unpaired) electrons. The Hall–Kier alpha value is -1.06. The first-order valence-corrected chi connectivity index (χ1v) is 16.9. The van der Waals surface area contributed by atoms with Gasteiger partial charge in [-0.15, -0.1) is 0 Å². The molecule has 0 saturated carbocycles. The Kier molecular flexibility index (Phi) is 29.6. The predicted molar refractivity (Wildman–Crippen MR) is 162 cm³/mol. The topological polar surface area (TPSA) is 52.6 Å². The predicted octanol–water partition coefficient (Wildman–Crippen LogP) is 10.9. The molecule has 0 bridgehead atoms. The third-order valence-corrected chi connectivity index (χ3v) is 7.85. The summed E-state index contributed by atoms with van der Waals surface area (Å²) < 4.78 is 10.7. The van der Waals surface area contributed by atoms with Crippen LogP contribution in [0.1, 0.15) is 188 Å². The van der Waals surface area contributed by atoms with Gasteiger partial charge >= 0.3 is 11.9 Å². The summed E-state index contributed by atoms with van der Waals surface area (Å²) in [6.07, 6.45) is 30.6. The third kappa shape index (κ3) is 28.0. The number of carbonyl (C=O) groups excluding carboxylic acids is 2. The second kappa shape index (κ2) is 30.5. The van der Waals surface area contributed by atoms with Crippen LogP contribution in [0.25, 0.3) is 0 Å². The fourth-order valence-electron chi connectivity index (χ4n) is 5.10. The van der Waals surface area contributed by atoms with Gasteiger partial charge in [-0.1, -0.05) is 149 Å². The molecular formula is C34H66O4. The van der Waals surface area contributed by atoms with E-state index in [0.29, 0.717) is 32.0 Å². The largest absolute Gasteiger partial charge is 0.466 e. The lowest BCUT2D eigenvalue weighted by atomic mass is 9.93. The van der Waals surface area contributed by atoms with E-state index in [4.69, 9.17) is 9.47 Å². The zero-order valence-electron chi connectivity index (χ0n) is 26.0. The number of unbranched alkanes of at least 4 members (excludes halogenated alkanes) is 18. The molecule has 0 aromatic rings. The van der Waals surface area contributed by atoms with Gasteiger partial charge in [-0.25, -0.2) is 0 Å². The number of esters is 2. The zero-order chi connectivity index (χ0) is 27.9. The number of ether oxygens (including phenoxy) is 2. The summed E-state index contributed by atoms with van der Waals surface area (Å²) in [5, 5.41) is 0. The second-order valence-electron chi connectivity index (χ2n) is 11.5. The van der Waals surface area contributed by atoms with E-state index in [-0.39, 0.29) is 11.9 Å². The normalized spacial score (nSPS) is 12.0. The molecule has 0 aromatic carbocycles. The minimum atomic E-state index is -0.00301. The molecule has 4 nitrogen and oxygen atoms in total. The van der Waals surface area contributed by atoms with Crippen LogP contribution in [0.3, 0.4) is 0 Å². The highest BCUT2D eigenvalue weighted by atomic mass is 16.5. The Labute approximate surface area is 237 Å². The van der Waals surface area contributed by atoms with Crippen molar-refractivity contribution in [1.29, 1.82) is 0 Å². The van der Waals surface area contributed by atoms with Gasteiger partial charge in [-0.3, -0.25) is 9.59 Å². The molecule has 0 aromatic heterocycles. The average molecular weight is 539 g/mol. The van der Waals surface area contributed by atoms with Gasteiger partial charge in [0, 0.05) is 12.8 Å². The van der Waals surface area contributed by atoms with Crippen molar-refractivity contribution in [2.45, 2.75) is 188 Å². The van der Waals surface area contributed by atoms with Gasteiger partial charge in [-0.05, 0) is 31.6 Å². The van der Waals surface area contributed by atoms with Crippen molar-refractivity contribution in [3.63, 3.8) is 0 Å². The summed E-state index contributed by atoms with van der Waals surface area (Å²) in [5.74, 6) is 0.672. The highest BCUT2D eigenvalue weighted by Gasteiger charge is 2.10. The van der Waals surface area contributed by atoms with E-state index in [2.05, 4.69) is 20.8 Å². The lowest BCUT2D eigenvalue weighted by Crippen LogP contribution is -2.09. The van der Waals surface area contributed by atoms with Crippen LogP contribution in [0, 0.1) is 5.92 Å². The first-order chi connectivity index (χ1) is 18.6. The standard InChI is InChI=1S/C34H66O4/c1-4-7-9-20-24-30-37-33(35)27-23-19-17-15-13-11-12-14-16-18-22-26-32(6-3)28-29-34(36)38-31-25-21-10-8-5-2/h32H,4-31H2,1-3H3. The minimum Gasteiger partial charge on any atom is -0.466 e. The van der Waals surface area contributed by atoms with Crippen LogP contribution in [0.4, 0.5) is 0 Å². The van der Waals surface area contributed by atoms with Crippen LogP contribution < -0.4 is 0 Å². The molecule has 0 fully saturated rings. The molecule has 0 saturated heterocycles. The third-order valence-electron chi connectivity index (χ3n) is 7.85. The summed E-state index contributed by atoms with van der Waals surface area (Å²) in [6, 6.07) is 0. The van der Waals surface area contributed by atoms with Crippen molar-refractivity contribution >= 4 is 11.9 Å². The molecule has 0 spiro atoms.